The van der Waals surface area contributed by atoms with Crippen LogP contribution in [0.3, 0.4) is 0 Å². The Labute approximate surface area is 192 Å². The van der Waals surface area contributed by atoms with Crippen molar-refractivity contribution in [1.29, 1.82) is 0 Å². The molecule has 1 aromatic carbocycles. The van der Waals surface area contributed by atoms with Gasteiger partial charge in [0.05, 0.1) is 0 Å². The van der Waals surface area contributed by atoms with Crippen molar-refractivity contribution in [3.05, 3.63) is 69.8 Å². The second-order valence-electron chi connectivity index (χ2n) is 8.55. The fourth-order valence-electron chi connectivity index (χ4n) is 4.59. The number of benzene rings is 1. The molecule has 1 aliphatic rings. The molecule has 0 radical (unpaired) electrons. The number of phenols is 1. The molecule has 2 N–H and O–H groups in total. The van der Waals surface area contributed by atoms with Gasteiger partial charge in [-0.15, -0.1) is 0 Å². The summed E-state index contributed by atoms with van der Waals surface area (Å²) in [5.74, 6) is -0.148. The van der Waals surface area contributed by atoms with Crippen LogP contribution in [-0.4, -0.2) is 27.4 Å². The van der Waals surface area contributed by atoms with E-state index in [2.05, 4.69) is 20.4 Å². The van der Waals surface area contributed by atoms with Crippen molar-refractivity contribution in [2.75, 3.05) is 0 Å². The Balaban J connectivity index is 2.67. The normalized spacial score (nSPS) is 20.3. The van der Waals surface area contributed by atoms with Crippen molar-refractivity contribution >= 4 is 17.1 Å². The van der Waals surface area contributed by atoms with Crippen LogP contribution in [-0.2, 0) is 9.59 Å². The van der Waals surface area contributed by atoms with Crippen LogP contribution in [0, 0.1) is 6.92 Å². The number of carbonyl (C=O) groups is 2. The standard InChI is InChI=1S/C28H36O4/c1-8-22(23(9-2)25-16-21(30)12-11-17(25)4)19(6)18(5)15-26-24(20(7)29)13-14-27(31)28(26,32)10-3/h11-12,15-16,30,32H,6,8-10,13-14H2,1-5,7H3/b18-15+,23-22-. The molecule has 0 spiro atoms. The second kappa shape index (κ2) is 10.3. The molecule has 32 heavy (non-hydrogen) atoms. The minimum absolute atomic E-state index is 0.120. The fourth-order valence-corrected chi connectivity index (χ4v) is 4.59. The van der Waals surface area contributed by atoms with Gasteiger partial charge in [0.1, 0.15) is 11.4 Å². The largest absolute Gasteiger partial charge is 0.508 e. The van der Waals surface area contributed by atoms with Crippen molar-refractivity contribution in [3.63, 3.8) is 0 Å². The van der Waals surface area contributed by atoms with E-state index >= 15 is 0 Å². The van der Waals surface area contributed by atoms with Gasteiger partial charge in [-0.05, 0) is 97.6 Å². The highest BCUT2D eigenvalue weighted by atomic mass is 16.3. The molecule has 1 aliphatic carbocycles. The summed E-state index contributed by atoms with van der Waals surface area (Å²) in [7, 11) is 0. The number of allylic oxidation sites excluding steroid dienone is 5. The maximum absolute atomic E-state index is 12.6. The number of rotatable bonds is 8. The van der Waals surface area contributed by atoms with Gasteiger partial charge in [0.15, 0.2) is 11.6 Å². The first-order valence-electron chi connectivity index (χ1n) is 11.4. The van der Waals surface area contributed by atoms with Gasteiger partial charge in [-0.25, -0.2) is 0 Å². The first kappa shape index (κ1) is 25.5. The lowest BCUT2D eigenvalue weighted by atomic mass is 9.74. The molecule has 2 rings (SSSR count). The molecule has 0 fully saturated rings. The van der Waals surface area contributed by atoms with Crippen LogP contribution in [0.25, 0.3) is 5.57 Å². The lowest BCUT2D eigenvalue weighted by Crippen LogP contribution is -2.43. The summed E-state index contributed by atoms with van der Waals surface area (Å²) in [6.45, 7) is 15.6. The Kier molecular flexibility index (Phi) is 8.19. The molecule has 0 bridgehead atoms. The van der Waals surface area contributed by atoms with Gasteiger partial charge in [0.25, 0.3) is 0 Å². The van der Waals surface area contributed by atoms with Crippen molar-refractivity contribution in [2.45, 2.75) is 79.2 Å². The summed E-state index contributed by atoms with van der Waals surface area (Å²) in [6.07, 6.45) is 4.01. The summed E-state index contributed by atoms with van der Waals surface area (Å²) in [6, 6.07) is 5.36. The van der Waals surface area contributed by atoms with E-state index in [1.165, 1.54) is 6.92 Å². The molecule has 0 amide bonds. The lowest BCUT2D eigenvalue weighted by molar-refractivity contribution is -0.134. The van der Waals surface area contributed by atoms with Crippen LogP contribution in [0.1, 0.15) is 77.8 Å². The average Bonchev–Trinajstić information content (AvgIpc) is 2.76. The lowest BCUT2D eigenvalue weighted by Gasteiger charge is -2.33. The van der Waals surface area contributed by atoms with E-state index in [1.807, 2.05) is 19.9 Å². The van der Waals surface area contributed by atoms with E-state index in [4.69, 9.17) is 0 Å². The molecule has 4 heteroatoms. The van der Waals surface area contributed by atoms with Crippen LogP contribution < -0.4 is 0 Å². The molecule has 1 unspecified atom stereocenters. The average molecular weight is 437 g/mol. The van der Waals surface area contributed by atoms with Crippen molar-refractivity contribution < 1.29 is 19.8 Å². The molecule has 4 nitrogen and oxygen atoms in total. The van der Waals surface area contributed by atoms with Gasteiger partial charge in [-0.3, -0.25) is 9.59 Å². The summed E-state index contributed by atoms with van der Waals surface area (Å²) in [5, 5.41) is 21.2. The minimum Gasteiger partial charge on any atom is -0.508 e. The van der Waals surface area contributed by atoms with Crippen LogP contribution in [0.15, 0.2) is 58.7 Å². The SMILES string of the molecule is C=C(/C(CC)=C(/CC)c1cc(O)ccc1C)/C(C)=C/C1=C(C(C)=O)CCC(=O)C1(O)CC. The molecule has 0 saturated carbocycles. The van der Waals surface area contributed by atoms with E-state index in [0.717, 1.165) is 46.3 Å². The van der Waals surface area contributed by atoms with Crippen molar-refractivity contribution in [1.82, 2.24) is 0 Å². The Morgan fingerprint density at radius 1 is 1.16 bits per heavy atom. The number of Topliss-reactive ketones (excluding diaryl/α,β-unsaturated/α-hetero) is 2. The first-order chi connectivity index (χ1) is 15.0. The number of aromatic hydroxyl groups is 1. The summed E-state index contributed by atoms with van der Waals surface area (Å²) in [5.41, 5.74) is 5.10. The van der Waals surface area contributed by atoms with Crippen LogP contribution >= 0.6 is 0 Å². The highest BCUT2D eigenvalue weighted by Crippen LogP contribution is 2.38. The number of phenolic OH excluding ortho intramolecular Hbond substituents is 1. The molecular formula is C28H36O4. The number of aryl methyl sites for hydroxylation is 1. The van der Waals surface area contributed by atoms with Crippen molar-refractivity contribution in [2.24, 2.45) is 0 Å². The summed E-state index contributed by atoms with van der Waals surface area (Å²) in [4.78, 5) is 24.9. The summed E-state index contributed by atoms with van der Waals surface area (Å²) < 4.78 is 0. The van der Waals surface area contributed by atoms with Gasteiger partial charge in [-0.1, -0.05) is 39.5 Å². The van der Waals surface area contributed by atoms with Crippen LogP contribution in [0.2, 0.25) is 0 Å². The smallest absolute Gasteiger partial charge is 0.169 e. The van der Waals surface area contributed by atoms with Gasteiger partial charge in [0, 0.05) is 12.0 Å². The van der Waals surface area contributed by atoms with Gasteiger partial charge < -0.3 is 10.2 Å². The number of ketones is 2. The Bertz CT molecular complexity index is 1040. The number of carbonyl (C=O) groups excluding carboxylic acids is 2. The first-order valence-corrected chi connectivity index (χ1v) is 11.4. The van der Waals surface area contributed by atoms with E-state index < -0.39 is 5.60 Å². The zero-order chi connectivity index (χ0) is 24.2. The predicted octanol–water partition coefficient (Wildman–Crippen LogP) is 6.17. The van der Waals surface area contributed by atoms with Gasteiger partial charge >= 0.3 is 0 Å². The maximum Gasteiger partial charge on any atom is 0.169 e. The molecule has 0 aliphatic heterocycles. The molecule has 1 aromatic rings. The molecular weight excluding hydrogens is 400 g/mol. The fraction of sp³-hybridized carbons (Fsp3) is 0.429. The molecule has 0 aromatic heterocycles. The number of hydrogen-bond acceptors (Lipinski definition) is 4. The topological polar surface area (TPSA) is 74.6 Å². The molecule has 1 atom stereocenters. The van der Waals surface area contributed by atoms with Crippen LogP contribution in [0.4, 0.5) is 0 Å². The summed E-state index contributed by atoms with van der Waals surface area (Å²) >= 11 is 0. The number of aliphatic hydroxyl groups is 1. The second-order valence-corrected chi connectivity index (χ2v) is 8.55. The minimum atomic E-state index is -1.65. The molecule has 0 heterocycles. The third-order valence-electron chi connectivity index (χ3n) is 6.59. The van der Waals surface area contributed by atoms with Crippen molar-refractivity contribution in [3.8, 4) is 5.75 Å². The van der Waals surface area contributed by atoms with E-state index in [1.54, 1.807) is 25.1 Å². The molecule has 172 valence electrons. The zero-order valence-corrected chi connectivity index (χ0v) is 20.3. The van der Waals surface area contributed by atoms with E-state index in [9.17, 15) is 19.8 Å². The molecule has 0 saturated heterocycles. The Morgan fingerprint density at radius 2 is 1.81 bits per heavy atom. The predicted molar refractivity (Wildman–Crippen MR) is 130 cm³/mol. The number of hydrogen-bond donors (Lipinski definition) is 2. The highest BCUT2D eigenvalue weighted by molar-refractivity contribution is 6.02. The van der Waals surface area contributed by atoms with Crippen LogP contribution in [0.5, 0.6) is 5.75 Å². The van der Waals surface area contributed by atoms with E-state index in [-0.39, 0.29) is 30.2 Å². The highest BCUT2D eigenvalue weighted by Gasteiger charge is 2.42. The van der Waals surface area contributed by atoms with Gasteiger partial charge in [-0.2, -0.15) is 0 Å². The van der Waals surface area contributed by atoms with E-state index in [0.29, 0.717) is 17.6 Å². The third kappa shape index (κ3) is 4.86. The quantitative estimate of drug-likeness (QED) is 0.478. The Hall–Kier alpha value is -2.72. The maximum atomic E-state index is 12.6. The Morgan fingerprint density at radius 3 is 2.34 bits per heavy atom. The van der Waals surface area contributed by atoms with Gasteiger partial charge in [0.2, 0.25) is 0 Å². The zero-order valence-electron chi connectivity index (χ0n) is 20.3. The third-order valence-corrected chi connectivity index (χ3v) is 6.59. The monoisotopic (exact) mass is 436 g/mol.